The number of aryl methyl sites for hydroxylation is 1. The van der Waals surface area contributed by atoms with Crippen LogP contribution < -0.4 is 0 Å². The summed E-state index contributed by atoms with van der Waals surface area (Å²) >= 11 is 0. The molecule has 0 radical (unpaired) electrons. The number of benzene rings is 1. The molecule has 1 aliphatic rings. The van der Waals surface area contributed by atoms with Crippen LogP contribution in [0.5, 0.6) is 0 Å². The molecule has 120 valence electrons. The van der Waals surface area contributed by atoms with Crippen molar-refractivity contribution in [3.8, 4) is 0 Å². The van der Waals surface area contributed by atoms with Crippen molar-refractivity contribution in [2.75, 3.05) is 32.4 Å². The highest BCUT2D eigenvalue weighted by atomic mass is 32.2. The van der Waals surface area contributed by atoms with Gasteiger partial charge in [-0.3, -0.25) is 14.9 Å². The van der Waals surface area contributed by atoms with Gasteiger partial charge in [0.1, 0.15) is 0 Å². The van der Waals surface area contributed by atoms with E-state index in [1.165, 1.54) is 21.3 Å². The number of carbonyl (C=O) groups is 1. The number of rotatable bonds is 3. The normalized spacial score (nSPS) is 16.5. The van der Waals surface area contributed by atoms with Crippen LogP contribution in [0.3, 0.4) is 0 Å². The molecule has 1 aromatic rings. The van der Waals surface area contributed by atoms with Crippen LogP contribution in [0, 0.1) is 17.0 Å². The Morgan fingerprint density at radius 2 is 1.77 bits per heavy atom. The monoisotopic (exact) mass is 327 g/mol. The first kappa shape index (κ1) is 16.4. The van der Waals surface area contributed by atoms with Crippen LogP contribution in [0.4, 0.5) is 5.69 Å². The Bertz CT molecular complexity index is 708. The number of carbonyl (C=O) groups excluding carboxylic acids is 1. The van der Waals surface area contributed by atoms with Crippen LogP contribution in [0.15, 0.2) is 18.2 Å². The zero-order valence-electron chi connectivity index (χ0n) is 12.4. The maximum atomic E-state index is 12.4. The summed E-state index contributed by atoms with van der Waals surface area (Å²) in [7, 11) is -3.26. The maximum Gasteiger partial charge on any atom is 0.270 e. The fraction of sp³-hybridized carbons (Fsp3) is 0.462. The second-order valence-electron chi connectivity index (χ2n) is 5.27. The minimum Gasteiger partial charge on any atom is -0.336 e. The molecule has 0 spiro atoms. The van der Waals surface area contributed by atoms with Gasteiger partial charge < -0.3 is 4.90 Å². The third kappa shape index (κ3) is 3.60. The van der Waals surface area contributed by atoms with E-state index < -0.39 is 14.9 Å². The smallest absolute Gasteiger partial charge is 0.270 e. The van der Waals surface area contributed by atoms with Gasteiger partial charge in [0.2, 0.25) is 10.0 Å². The van der Waals surface area contributed by atoms with Crippen LogP contribution in [0.25, 0.3) is 0 Å². The van der Waals surface area contributed by atoms with Crippen LogP contribution in [-0.4, -0.2) is 60.9 Å². The van der Waals surface area contributed by atoms with Crippen molar-refractivity contribution in [2.24, 2.45) is 0 Å². The van der Waals surface area contributed by atoms with Crippen LogP contribution in [-0.2, 0) is 10.0 Å². The van der Waals surface area contributed by atoms with Gasteiger partial charge in [-0.05, 0) is 18.6 Å². The molecule has 0 aromatic heterocycles. The third-order valence-electron chi connectivity index (χ3n) is 3.51. The van der Waals surface area contributed by atoms with E-state index in [1.807, 2.05) is 0 Å². The summed E-state index contributed by atoms with van der Waals surface area (Å²) < 4.78 is 24.2. The van der Waals surface area contributed by atoms with E-state index in [2.05, 4.69) is 0 Å². The van der Waals surface area contributed by atoms with Gasteiger partial charge >= 0.3 is 0 Å². The SMILES string of the molecule is Cc1cc(C(=O)N2CCN(S(C)(=O)=O)CC2)cc([N+](=O)[O-])c1. The Morgan fingerprint density at radius 1 is 1.18 bits per heavy atom. The predicted octanol–water partition coefficient (Wildman–Crippen LogP) is 0.621. The molecule has 1 heterocycles. The van der Waals surface area contributed by atoms with Gasteiger partial charge in [0.15, 0.2) is 0 Å². The highest BCUT2D eigenvalue weighted by molar-refractivity contribution is 7.88. The molecule has 0 bridgehead atoms. The van der Waals surface area contributed by atoms with E-state index in [0.717, 1.165) is 6.26 Å². The van der Waals surface area contributed by atoms with E-state index in [4.69, 9.17) is 0 Å². The van der Waals surface area contributed by atoms with Crippen molar-refractivity contribution < 1.29 is 18.1 Å². The third-order valence-corrected chi connectivity index (χ3v) is 4.82. The molecule has 0 N–H and O–H groups in total. The first-order valence-electron chi connectivity index (χ1n) is 6.69. The predicted molar refractivity (Wildman–Crippen MR) is 80.2 cm³/mol. The molecule has 1 amide bonds. The first-order chi connectivity index (χ1) is 10.2. The molecule has 0 saturated carbocycles. The summed E-state index contributed by atoms with van der Waals surface area (Å²) in [5.74, 6) is -0.319. The molecule has 0 unspecified atom stereocenters. The number of hydrogen-bond donors (Lipinski definition) is 0. The molecular weight excluding hydrogens is 310 g/mol. The molecule has 2 rings (SSSR count). The number of hydrogen-bond acceptors (Lipinski definition) is 5. The summed E-state index contributed by atoms with van der Waals surface area (Å²) in [5, 5.41) is 10.9. The van der Waals surface area contributed by atoms with Gasteiger partial charge in [-0.1, -0.05) is 0 Å². The zero-order chi connectivity index (χ0) is 16.5. The number of non-ortho nitro benzene ring substituents is 1. The first-order valence-corrected chi connectivity index (χ1v) is 8.54. The molecule has 8 nitrogen and oxygen atoms in total. The quantitative estimate of drug-likeness (QED) is 0.598. The molecule has 22 heavy (non-hydrogen) atoms. The van der Waals surface area contributed by atoms with Gasteiger partial charge in [-0.2, -0.15) is 4.31 Å². The van der Waals surface area contributed by atoms with Crippen LogP contribution >= 0.6 is 0 Å². The molecule has 0 atom stereocenters. The van der Waals surface area contributed by atoms with E-state index >= 15 is 0 Å². The number of amides is 1. The van der Waals surface area contributed by atoms with Gasteiger partial charge in [0.05, 0.1) is 11.2 Å². The van der Waals surface area contributed by atoms with Crippen molar-refractivity contribution in [2.45, 2.75) is 6.92 Å². The summed E-state index contributed by atoms with van der Waals surface area (Å²) in [6, 6.07) is 4.24. The minimum atomic E-state index is -3.26. The minimum absolute atomic E-state index is 0.127. The Balaban J connectivity index is 2.15. The maximum absolute atomic E-state index is 12.4. The topological polar surface area (TPSA) is 101 Å². The second-order valence-corrected chi connectivity index (χ2v) is 7.25. The fourth-order valence-electron chi connectivity index (χ4n) is 2.40. The van der Waals surface area contributed by atoms with Crippen molar-refractivity contribution in [3.05, 3.63) is 39.4 Å². The van der Waals surface area contributed by atoms with Gasteiger partial charge in [-0.25, -0.2) is 8.42 Å². The lowest BCUT2D eigenvalue weighted by Gasteiger charge is -2.33. The van der Waals surface area contributed by atoms with Crippen LogP contribution in [0.2, 0.25) is 0 Å². The Kier molecular flexibility index (Phi) is 4.47. The summed E-state index contributed by atoms with van der Waals surface area (Å²) in [5.41, 5.74) is 0.755. The highest BCUT2D eigenvalue weighted by Gasteiger charge is 2.27. The molecule has 1 saturated heterocycles. The number of sulfonamides is 1. The highest BCUT2D eigenvalue weighted by Crippen LogP contribution is 2.19. The average Bonchev–Trinajstić information content (AvgIpc) is 2.45. The molecule has 0 aliphatic carbocycles. The second kappa shape index (κ2) is 6.01. The number of piperazine rings is 1. The summed E-state index contributed by atoms with van der Waals surface area (Å²) in [4.78, 5) is 24.3. The van der Waals surface area contributed by atoms with E-state index in [0.29, 0.717) is 5.56 Å². The lowest BCUT2D eigenvalue weighted by atomic mass is 10.1. The number of nitrogens with zero attached hydrogens (tertiary/aromatic N) is 3. The average molecular weight is 327 g/mol. The Hall–Kier alpha value is -2.00. The van der Waals surface area contributed by atoms with E-state index in [1.54, 1.807) is 13.0 Å². The summed E-state index contributed by atoms with van der Waals surface area (Å²) in [6.07, 6.45) is 1.13. The lowest BCUT2D eigenvalue weighted by Crippen LogP contribution is -2.50. The zero-order valence-corrected chi connectivity index (χ0v) is 13.2. The van der Waals surface area contributed by atoms with Crippen molar-refractivity contribution in [1.29, 1.82) is 0 Å². The molecule has 1 fully saturated rings. The van der Waals surface area contributed by atoms with E-state index in [-0.39, 0.29) is 43.3 Å². The Morgan fingerprint density at radius 3 is 2.27 bits per heavy atom. The number of nitro groups is 1. The van der Waals surface area contributed by atoms with Crippen molar-refractivity contribution in [1.82, 2.24) is 9.21 Å². The van der Waals surface area contributed by atoms with Gasteiger partial charge in [0.25, 0.3) is 11.6 Å². The van der Waals surface area contributed by atoms with Crippen LogP contribution in [0.1, 0.15) is 15.9 Å². The molecule has 9 heteroatoms. The lowest BCUT2D eigenvalue weighted by molar-refractivity contribution is -0.384. The summed E-state index contributed by atoms with van der Waals surface area (Å²) in [6.45, 7) is 2.70. The van der Waals surface area contributed by atoms with Crippen molar-refractivity contribution in [3.63, 3.8) is 0 Å². The largest absolute Gasteiger partial charge is 0.336 e. The number of nitro benzene ring substituents is 1. The van der Waals surface area contributed by atoms with Gasteiger partial charge in [0, 0.05) is 43.9 Å². The van der Waals surface area contributed by atoms with Crippen molar-refractivity contribution >= 4 is 21.6 Å². The standard InChI is InChI=1S/C13H17N3O5S/c1-10-7-11(9-12(8-10)16(18)19)13(17)14-3-5-15(6-4-14)22(2,20)21/h7-9H,3-6H2,1-2H3. The Labute approximate surface area is 128 Å². The molecule has 1 aliphatic heterocycles. The molecule has 1 aromatic carbocycles. The van der Waals surface area contributed by atoms with Gasteiger partial charge in [-0.15, -0.1) is 0 Å². The fourth-order valence-corrected chi connectivity index (χ4v) is 3.22. The molecular formula is C13H17N3O5S. The van der Waals surface area contributed by atoms with E-state index in [9.17, 15) is 23.3 Å².